The summed E-state index contributed by atoms with van der Waals surface area (Å²) in [4.78, 5) is 27.6. The molecule has 1 N–H and O–H groups in total. The van der Waals surface area contributed by atoms with Gasteiger partial charge in [0.15, 0.2) is 0 Å². The summed E-state index contributed by atoms with van der Waals surface area (Å²) in [6, 6.07) is 14.1. The molecule has 8 heteroatoms. The monoisotopic (exact) mass is 397 g/mol. The van der Waals surface area contributed by atoms with Crippen LogP contribution >= 0.6 is 11.8 Å². The van der Waals surface area contributed by atoms with Gasteiger partial charge in [0.05, 0.1) is 33.9 Å². The topological polar surface area (TPSA) is 94.4 Å². The molecule has 0 fully saturated rings. The van der Waals surface area contributed by atoms with Gasteiger partial charge in [0, 0.05) is 5.39 Å². The number of benzene rings is 2. The van der Waals surface area contributed by atoms with E-state index in [2.05, 4.69) is 10.3 Å². The molecule has 0 aliphatic heterocycles. The minimum absolute atomic E-state index is 0.0924. The number of ether oxygens (including phenoxy) is 1. The largest absolute Gasteiger partial charge is 0.494 e. The van der Waals surface area contributed by atoms with E-state index in [1.165, 1.54) is 23.9 Å². The van der Waals surface area contributed by atoms with Gasteiger partial charge in [-0.1, -0.05) is 30.0 Å². The number of nitrogens with zero attached hydrogens (tertiary/aromatic N) is 2. The molecule has 0 saturated heterocycles. The molecule has 0 bridgehead atoms. The molecule has 0 atom stereocenters. The number of aryl methyl sites for hydroxylation is 1. The number of anilines is 1. The van der Waals surface area contributed by atoms with Crippen molar-refractivity contribution in [2.24, 2.45) is 0 Å². The molecule has 3 aromatic rings. The van der Waals surface area contributed by atoms with Gasteiger partial charge in [0.1, 0.15) is 11.4 Å². The van der Waals surface area contributed by atoms with Gasteiger partial charge in [-0.3, -0.25) is 14.9 Å². The summed E-state index contributed by atoms with van der Waals surface area (Å²) < 4.78 is 5.28. The molecular formula is C20H19N3O4S. The number of hydrogen-bond acceptors (Lipinski definition) is 6. The van der Waals surface area contributed by atoms with Gasteiger partial charge in [0.25, 0.3) is 5.69 Å². The third kappa shape index (κ3) is 4.58. The second-order valence-corrected chi connectivity index (χ2v) is 7.00. The predicted octanol–water partition coefficient (Wildman–Crippen LogP) is 4.58. The Balaban J connectivity index is 1.70. The maximum atomic E-state index is 12.3. The first kappa shape index (κ1) is 19.6. The highest BCUT2D eigenvalue weighted by molar-refractivity contribution is 7.99. The Morgan fingerprint density at radius 3 is 2.79 bits per heavy atom. The molecule has 0 saturated carbocycles. The number of nitro groups is 1. The average molecular weight is 397 g/mol. The zero-order valence-corrected chi connectivity index (χ0v) is 16.3. The van der Waals surface area contributed by atoms with Crippen LogP contribution in [0.2, 0.25) is 0 Å². The quantitative estimate of drug-likeness (QED) is 0.356. The van der Waals surface area contributed by atoms with Crippen LogP contribution in [-0.4, -0.2) is 28.2 Å². The Hall–Kier alpha value is -3.13. The first-order chi connectivity index (χ1) is 13.5. The number of thioether (sulfide) groups is 1. The van der Waals surface area contributed by atoms with E-state index in [1.807, 2.05) is 37.3 Å². The fourth-order valence-corrected chi connectivity index (χ4v) is 3.52. The van der Waals surface area contributed by atoms with Gasteiger partial charge in [-0.2, -0.15) is 0 Å². The molecule has 1 heterocycles. The van der Waals surface area contributed by atoms with Crippen LogP contribution in [0.4, 0.5) is 11.4 Å². The lowest BCUT2D eigenvalue weighted by Crippen LogP contribution is -2.15. The highest BCUT2D eigenvalue weighted by Gasteiger charge is 2.17. The second-order valence-electron chi connectivity index (χ2n) is 6.00. The molecule has 7 nitrogen and oxygen atoms in total. The summed E-state index contributed by atoms with van der Waals surface area (Å²) in [5.74, 6) is 0.136. The first-order valence-electron chi connectivity index (χ1n) is 8.68. The van der Waals surface area contributed by atoms with E-state index in [0.717, 1.165) is 21.5 Å². The number of aromatic nitrogens is 1. The number of carbonyl (C=O) groups excluding carboxylic acids is 1. The maximum absolute atomic E-state index is 12.3. The fourth-order valence-electron chi connectivity index (χ4n) is 2.74. The highest BCUT2D eigenvalue weighted by Crippen LogP contribution is 2.30. The number of rotatable bonds is 7. The summed E-state index contributed by atoms with van der Waals surface area (Å²) in [5.41, 5.74) is 1.88. The first-order valence-corrected chi connectivity index (χ1v) is 9.66. The molecule has 0 aliphatic carbocycles. The molecule has 28 heavy (non-hydrogen) atoms. The third-order valence-electron chi connectivity index (χ3n) is 4.00. The summed E-state index contributed by atoms with van der Waals surface area (Å²) in [7, 11) is 0. The van der Waals surface area contributed by atoms with Crippen LogP contribution in [0.3, 0.4) is 0 Å². The lowest BCUT2D eigenvalue weighted by molar-refractivity contribution is -0.384. The van der Waals surface area contributed by atoms with E-state index < -0.39 is 4.92 Å². The van der Waals surface area contributed by atoms with E-state index in [1.54, 1.807) is 13.0 Å². The smallest absolute Gasteiger partial charge is 0.296 e. The average Bonchev–Trinajstić information content (AvgIpc) is 2.67. The van der Waals surface area contributed by atoms with Gasteiger partial charge >= 0.3 is 0 Å². The fraction of sp³-hybridized carbons (Fsp3) is 0.200. The van der Waals surface area contributed by atoms with Crippen molar-refractivity contribution in [2.45, 2.75) is 18.9 Å². The Bertz CT molecular complexity index is 1040. The van der Waals surface area contributed by atoms with Crippen LogP contribution in [0.25, 0.3) is 10.9 Å². The van der Waals surface area contributed by atoms with Crippen LogP contribution in [0, 0.1) is 17.0 Å². The minimum atomic E-state index is -0.542. The molecule has 0 spiro atoms. The molecule has 1 amide bonds. The molecule has 2 aromatic carbocycles. The predicted molar refractivity (Wildman–Crippen MR) is 110 cm³/mol. The SMILES string of the molecule is CCOc1ccc(NC(=O)CSc2cc(C)c3ccccc3n2)c([N+](=O)[O-])c1. The van der Waals surface area contributed by atoms with E-state index in [0.29, 0.717) is 12.4 Å². The lowest BCUT2D eigenvalue weighted by Gasteiger charge is -2.09. The molecule has 0 radical (unpaired) electrons. The summed E-state index contributed by atoms with van der Waals surface area (Å²) >= 11 is 1.28. The summed E-state index contributed by atoms with van der Waals surface area (Å²) in [6.45, 7) is 4.19. The number of nitro benzene ring substituents is 1. The Morgan fingerprint density at radius 2 is 2.04 bits per heavy atom. The molecule has 3 rings (SSSR count). The van der Waals surface area contributed by atoms with Crippen LogP contribution in [0.1, 0.15) is 12.5 Å². The van der Waals surface area contributed by atoms with Gasteiger partial charge in [-0.25, -0.2) is 4.98 Å². The Morgan fingerprint density at radius 1 is 1.25 bits per heavy atom. The van der Waals surface area contributed by atoms with E-state index in [-0.39, 0.29) is 23.0 Å². The zero-order chi connectivity index (χ0) is 20.1. The van der Waals surface area contributed by atoms with Crippen molar-refractivity contribution in [1.82, 2.24) is 4.98 Å². The summed E-state index contributed by atoms with van der Waals surface area (Å²) in [5, 5.41) is 15.7. The van der Waals surface area contributed by atoms with Crippen LogP contribution < -0.4 is 10.1 Å². The number of nitrogens with one attached hydrogen (secondary N) is 1. The van der Waals surface area contributed by atoms with Crippen molar-refractivity contribution in [3.63, 3.8) is 0 Å². The second kappa shape index (κ2) is 8.71. The highest BCUT2D eigenvalue weighted by atomic mass is 32.2. The zero-order valence-electron chi connectivity index (χ0n) is 15.5. The number of fused-ring (bicyclic) bond motifs is 1. The minimum Gasteiger partial charge on any atom is -0.494 e. The third-order valence-corrected chi connectivity index (χ3v) is 4.91. The van der Waals surface area contributed by atoms with Crippen molar-refractivity contribution >= 4 is 39.9 Å². The summed E-state index contributed by atoms with van der Waals surface area (Å²) in [6.07, 6.45) is 0. The number of pyridine rings is 1. The van der Waals surface area contributed by atoms with Gasteiger partial charge in [-0.15, -0.1) is 0 Å². The molecule has 0 aliphatic rings. The normalized spacial score (nSPS) is 10.6. The van der Waals surface area contributed by atoms with Crippen molar-refractivity contribution in [1.29, 1.82) is 0 Å². The number of para-hydroxylation sites is 1. The standard InChI is InChI=1S/C20H19N3O4S/c1-3-27-14-8-9-17(18(11-14)23(25)26)21-19(24)12-28-20-10-13(2)15-6-4-5-7-16(15)22-20/h4-11H,3,12H2,1-2H3,(H,21,24). The van der Waals surface area contributed by atoms with Crippen molar-refractivity contribution in [2.75, 3.05) is 17.7 Å². The van der Waals surface area contributed by atoms with E-state index in [4.69, 9.17) is 4.74 Å². The Kier molecular flexibility index (Phi) is 6.10. The maximum Gasteiger partial charge on any atom is 0.296 e. The molecular weight excluding hydrogens is 378 g/mol. The molecule has 1 aromatic heterocycles. The van der Waals surface area contributed by atoms with Crippen LogP contribution in [0.15, 0.2) is 53.6 Å². The van der Waals surface area contributed by atoms with Gasteiger partial charge in [0.2, 0.25) is 5.91 Å². The van der Waals surface area contributed by atoms with E-state index in [9.17, 15) is 14.9 Å². The van der Waals surface area contributed by atoms with E-state index >= 15 is 0 Å². The van der Waals surface area contributed by atoms with Crippen LogP contribution in [0.5, 0.6) is 5.75 Å². The van der Waals surface area contributed by atoms with Crippen LogP contribution in [-0.2, 0) is 4.79 Å². The Labute approximate surface area is 166 Å². The molecule has 0 unspecified atom stereocenters. The number of amides is 1. The van der Waals surface area contributed by atoms with Crippen molar-refractivity contribution in [3.8, 4) is 5.75 Å². The van der Waals surface area contributed by atoms with Gasteiger partial charge in [-0.05, 0) is 43.7 Å². The number of carbonyl (C=O) groups is 1. The van der Waals surface area contributed by atoms with Crippen molar-refractivity contribution < 1.29 is 14.5 Å². The molecule has 144 valence electrons. The van der Waals surface area contributed by atoms with Gasteiger partial charge < -0.3 is 10.1 Å². The van der Waals surface area contributed by atoms with Crippen molar-refractivity contribution in [3.05, 3.63) is 64.2 Å². The number of hydrogen-bond donors (Lipinski definition) is 1. The lowest BCUT2D eigenvalue weighted by atomic mass is 10.1.